The summed E-state index contributed by atoms with van der Waals surface area (Å²) in [6, 6.07) is 11.9. The van der Waals surface area contributed by atoms with Crippen LogP contribution >= 0.6 is 11.3 Å². The number of anilines is 1. The van der Waals surface area contributed by atoms with Crippen molar-refractivity contribution in [3.63, 3.8) is 0 Å². The Labute approximate surface area is 209 Å². The average molecular weight is 516 g/mol. The van der Waals surface area contributed by atoms with E-state index in [9.17, 15) is 13.2 Å². The molecule has 0 N–H and O–H groups in total. The fourth-order valence-electron chi connectivity index (χ4n) is 4.67. The maximum Gasteiger partial charge on any atom is 0.338 e. The van der Waals surface area contributed by atoms with Crippen LogP contribution in [0.2, 0.25) is 0 Å². The van der Waals surface area contributed by atoms with Gasteiger partial charge in [0, 0.05) is 13.1 Å². The summed E-state index contributed by atoms with van der Waals surface area (Å²) >= 11 is 1.58. The van der Waals surface area contributed by atoms with Crippen molar-refractivity contribution < 1.29 is 22.7 Å². The van der Waals surface area contributed by atoms with Gasteiger partial charge in [-0.1, -0.05) is 36.7 Å². The molecule has 0 atom stereocenters. The molecule has 8 nitrogen and oxygen atoms in total. The number of hydrogen-bond donors (Lipinski definition) is 0. The molecule has 1 aromatic heterocycles. The molecule has 186 valence electrons. The summed E-state index contributed by atoms with van der Waals surface area (Å²) in [7, 11) is -0.313. The number of nitrogens with zero attached hydrogens (tertiary/aromatic N) is 3. The van der Waals surface area contributed by atoms with E-state index in [2.05, 4.69) is 9.88 Å². The number of rotatable bonds is 7. The number of sulfonamides is 1. The van der Waals surface area contributed by atoms with E-state index in [1.54, 1.807) is 25.5 Å². The summed E-state index contributed by atoms with van der Waals surface area (Å²) in [6.07, 6.45) is 4.82. The van der Waals surface area contributed by atoms with Crippen molar-refractivity contribution in [1.29, 1.82) is 0 Å². The summed E-state index contributed by atoms with van der Waals surface area (Å²) < 4.78 is 39.6. The van der Waals surface area contributed by atoms with Crippen molar-refractivity contribution in [2.75, 3.05) is 32.1 Å². The summed E-state index contributed by atoms with van der Waals surface area (Å²) in [5.74, 6) is 0.286. The lowest BCUT2D eigenvalue weighted by Crippen LogP contribution is -2.53. The molecule has 1 aliphatic heterocycles. The third-order valence-electron chi connectivity index (χ3n) is 6.84. The second-order valence-corrected chi connectivity index (χ2v) is 12.1. The van der Waals surface area contributed by atoms with E-state index >= 15 is 0 Å². The molecule has 1 saturated heterocycles. The van der Waals surface area contributed by atoms with Gasteiger partial charge in [-0.25, -0.2) is 18.2 Å². The Bertz CT molecular complexity index is 1310. The Hall–Kier alpha value is -2.69. The maximum absolute atomic E-state index is 13.0. The van der Waals surface area contributed by atoms with Gasteiger partial charge in [-0.3, -0.25) is 0 Å². The Morgan fingerprint density at radius 3 is 2.49 bits per heavy atom. The number of methoxy groups -OCH3 is 1. The first kappa shape index (κ1) is 24.0. The number of esters is 1. The molecule has 0 unspecified atom stereocenters. The number of carbonyl (C=O) groups is 1. The largest absolute Gasteiger partial charge is 0.494 e. The van der Waals surface area contributed by atoms with Crippen LogP contribution in [-0.2, 0) is 14.8 Å². The number of hydrogen-bond acceptors (Lipinski definition) is 8. The minimum absolute atomic E-state index is 0.0384. The summed E-state index contributed by atoms with van der Waals surface area (Å²) in [5, 5.41) is 0.869. The first-order chi connectivity index (χ1) is 16.9. The molecule has 0 spiro atoms. The molecule has 1 saturated carbocycles. The Morgan fingerprint density at radius 1 is 1.09 bits per heavy atom. The van der Waals surface area contributed by atoms with Crippen LogP contribution in [0.15, 0.2) is 47.4 Å². The van der Waals surface area contributed by atoms with Crippen molar-refractivity contribution in [3.05, 3.63) is 48.0 Å². The zero-order chi connectivity index (χ0) is 24.6. The van der Waals surface area contributed by atoms with Crippen molar-refractivity contribution in [2.24, 2.45) is 0 Å². The maximum atomic E-state index is 13.0. The topological polar surface area (TPSA) is 89.0 Å². The third-order valence-corrected chi connectivity index (χ3v) is 9.84. The molecule has 0 bridgehead atoms. The van der Waals surface area contributed by atoms with E-state index in [1.807, 2.05) is 18.2 Å². The summed E-state index contributed by atoms with van der Waals surface area (Å²) in [5.41, 5.74) is 1.17. The van der Waals surface area contributed by atoms with Crippen LogP contribution in [0.25, 0.3) is 10.2 Å². The van der Waals surface area contributed by atoms with Crippen LogP contribution in [0.3, 0.4) is 0 Å². The Kier molecular flexibility index (Phi) is 6.69. The summed E-state index contributed by atoms with van der Waals surface area (Å²) in [6.45, 7) is 1.12. The molecule has 0 radical (unpaired) electrons. The molecule has 35 heavy (non-hydrogen) atoms. The number of benzene rings is 2. The highest BCUT2D eigenvalue weighted by atomic mass is 32.2. The molecule has 2 heterocycles. The zero-order valence-corrected chi connectivity index (χ0v) is 21.5. The van der Waals surface area contributed by atoms with Crippen LogP contribution in [0.4, 0.5) is 5.13 Å². The fraction of sp³-hybridized carbons (Fsp3) is 0.440. The third kappa shape index (κ3) is 4.74. The van der Waals surface area contributed by atoms with Gasteiger partial charge in [0.15, 0.2) is 5.13 Å². The number of carbonyl (C=O) groups excluding carboxylic acids is 1. The average Bonchev–Trinajstić information content (AvgIpc) is 3.29. The molecule has 0 amide bonds. The van der Waals surface area contributed by atoms with Gasteiger partial charge >= 0.3 is 5.97 Å². The van der Waals surface area contributed by atoms with Gasteiger partial charge in [-0.05, 0) is 49.2 Å². The van der Waals surface area contributed by atoms with Crippen molar-refractivity contribution in [1.82, 2.24) is 9.29 Å². The van der Waals surface area contributed by atoms with Crippen molar-refractivity contribution in [2.45, 2.75) is 49.1 Å². The van der Waals surface area contributed by atoms with Gasteiger partial charge < -0.3 is 14.4 Å². The van der Waals surface area contributed by atoms with Gasteiger partial charge in [-0.2, -0.15) is 4.31 Å². The number of aromatic nitrogens is 1. The number of para-hydroxylation sites is 1. The molecule has 5 rings (SSSR count). The molecule has 3 aromatic rings. The molecular formula is C25H29N3O5S2. The molecular weight excluding hydrogens is 486 g/mol. The molecule has 2 aliphatic rings. The second kappa shape index (κ2) is 9.75. The van der Waals surface area contributed by atoms with Gasteiger partial charge in [-0.15, -0.1) is 0 Å². The second-order valence-electron chi connectivity index (χ2n) is 9.07. The number of fused-ring (bicyclic) bond motifs is 1. The Balaban J connectivity index is 1.18. The van der Waals surface area contributed by atoms with E-state index in [0.717, 1.165) is 53.2 Å². The zero-order valence-electron chi connectivity index (χ0n) is 19.8. The van der Waals surface area contributed by atoms with E-state index in [1.165, 1.54) is 28.6 Å². The van der Waals surface area contributed by atoms with Gasteiger partial charge in [0.05, 0.1) is 35.4 Å². The van der Waals surface area contributed by atoms with Crippen molar-refractivity contribution >= 4 is 42.7 Å². The Morgan fingerprint density at radius 2 is 1.80 bits per heavy atom. The lowest BCUT2D eigenvalue weighted by Gasteiger charge is -2.38. The van der Waals surface area contributed by atoms with Crippen LogP contribution < -0.4 is 9.64 Å². The van der Waals surface area contributed by atoms with Gasteiger partial charge in [0.2, 0.25) is 10.0 Å². The predicted octanol–water partition coefficient (Wildman–Crippen LogP) is 4.30. The SMILES string of the molecule is COc1cccc2sc(N3CC(OC(=O)c4ccc(S(=O)(=O)N(C)C5CCCCC5)cc4)C3)nc12. The van der Waals surface area contributed by atoms with E-state index in [0.29, 0.717) is 18.7 Å². The predicted molar refractivity (Wildman–Crippen MR) is 136 cm³/mol. The van der Waals surface area contributed by atoms with Crippen molar-refractivity contribution in [3.8, 4) is 5.75 Å². The van der Waals surface area contributed by atoms with E-state index < -0.39 is 16.0 Å². The van der Waals surface area contributed by atoms with Crippen LogP contribution in [0.1, 0.15) is 42.5 Å². The molecule has 10 heteroatoms. The lowest BCUT2D eigenvalue weighted by molar-refractivity contribution is 0.0234. The normalized spacial score (nSPS) is 17.5. The monoisotopic (exact) mass is 515 g/mol. The molecule has 2 fully saturated rings. The summed E-state index contributed by atoms with van der Waals surface area (Å²) in [4.78, 5) is 19.6. The van der Waals surface area contributed by atoms with E-state index in [-0.39, 0.29) is 17.0 Å². The quantitative estimate of drug-likeness (QED) is 0.433. The highest BCUT2D eigenvalue weighted by Gasteiger charge is 2.33. The standard InChI is InChI=1S/C25H29N3O5S2/c1-27(18-7-4-3-5-8-18)35(30,31)20-13-11-17(12-14-20)24(29)33-19-15-28(16-19)25-26-23-21(32-2)9-6-10-22(23)34-25/h6,9-14,18-19H,3-5,7-8,15-16H2,1-2H3. The van der Waals surface area contributed by atoms with Crippen LogP contribution in [0.5, 0.6) is 5.75 Å². The first-order valence-electron chi connectivity index (χ1n) is 11.8. The minimum Gasteiger partial charge on any atom is -0.494 e. The minimum atomic E-state index is -3.59. The molecule has 1 aliphatic carbocycles. The van der Waals surface area contributed by atoms with E-state index in [4.69, 9.17) is 9.47 Å². The van der Waals surface area contributed by atoms with Crippen LogP contribution in [-0.4, -0.2) is 63.1 Å². The number of ether oxygens (including phenoxy) is 2. The highest BCUT2D eigenvalue weighted by molar-refractivity contribution is 7.89. The van der Waals surface area contributed by atoms with Gasteiger partial charge in [0.25, 0.3) is 0 Å². The van der Waals surface area contributed by atoms with Gasteiger partial charge in [0.1, 0.15) is 17.4 Å². The number of thiazole rings is 1. The highest BCUT2D eigenvalue weighted by Crippen LogP contribution is 2.36. The van der Waals surface area contributed by atoms with Crippen LogP contribution in [0, 0.1) is 0 Å². The fourth-order valence-corrected chi connectivity index (χ4v) is 7.09. The first-order valence-corrected chi connectivity index (χ1v) is 14.1. The molecule has 2 aromatic carbocycles. The lowest BCUT2D eigenvalue weighted by atomic mass is 9.96. The smallest absolute Gasteiger partial charge is 0.338 e.